The van der Waals surface area contributed by atoms with Gasteiger partial charge in [0, 0.05) is 11.1 Å². The summed E-state index contributed by atoms with van der Waals surface area (Å²) in [6.45, 7) is 2.04. The minimum atomic E-state index is 0.0398. The number of amides is 1. The molecule has 1 heterocycles. The Labute approximate surface area is 134 Å². The highest BCUT2D eigenvalue weighted by molar-refractivity contribution is 7.11. The Morgan fingerprint density at radius 2 is 2.32 bits per heavy atom. The van der Waals surface area contributed by atoms with Crippen molar-refractivity contribution < 1.29 is 9.53 Å². The molecule has 22 heavy (non-hydrogen) atoms. The molecule has 1 aliphatic carbocycles. The summed E-state index contributed by atoms with van der Waals surface area (Å²) in [6, 6.07) is 7.70. The standard InChI is InChI=1S/C17H20N2O2S/c1-11-10-18-17(22-11)16(13-6-7-13)19-15(20)9-12-4-3-5-14(8-12)21-2/h3-5,8,10,13,16H,6-7,9H2,1-2H3,(H,19,20)/t16-/m0/s1. The van der Waals surface area contributed by atoms with E-state index in [1.807, 2.05) is 37.4 Å². The van der Waals surface area contributed by atoms with Gasteiger partial charge < -0.3 is 10.1 Å². The summed E-state index contributed by atoms with van der Waals surface area (Å²) in [6.07, 6.45) is 4.58. The highest BCUT2D eigenvalue weighted by atomic mass is 32.1. The van der Waals surface area contributed by atoms with Crippen LogP contribution in [0.5, 0.6) is 5.75 Å². The molecule has 1 aliphatic rings. The molecule has 0 aliphatic heterocycles. The SMILES string of the molecule is COc1cccc(CC(=O)N[C@H](c2ncc(C)s2)C2CC2)c1. The first-order valence-electron chi connectivity index (χ1n) is 7.50. The third-order valence-electron chi connectivity index (χ3n) is 3.81. The summed E-state index contributed by atoms with van der Waals surface area (Å²) < 4.78 is 5.20. The number of methoxy groups -OCH3 is 1. The largest absolute Gasteiger partial charge is 0.497 e. The normalized spacial score (nSPS) is 15.4. The second kappa shape index (κ2) is 6.48. The average molecular weight is 316 g/mol. The molecule has 0 radical (unpaired) electrons. The molecule has 3 rings (SSSR count). The van der Waals surface area contributed by atoms with E-state index in [1.165, 1.54) is 17.7 Å². The van der Waals surface area contributed by atoms with Crippen LogP contribution in [0.2, 0.25) is 0 Å². The smallest absolute Gasteiger partial charge is 0.224 e. The number of benzene rings is 1. The molecule has 0 spiro atoms. The first-order chi connectivity index (χ1) is 10.7. The molecule has 0 bridgehead atoms. The number of thiazole rings is 1. The summed E-state index contributed by atoms with van der Waals surface area (Å²) in [5.41, 5.74) is 0.960. The predicted octanol–water partition coefficient (Wildman–Crippen LogP) is 3.27. The number of nitrogens with one attached hydrogen (secondary N) is 1. The van der Waals surface area contributed by atoms with Crippen molar-refractivity contribution in [3.8, 4) is 5.75 Å². The number of hydrogen-bond donors (Lipinski definition) is 1. The zero-order chi connectivity index (χ0) is 15.5. The zero-order valence-corrected chi connectivity index (χ0v) is 13.7. The number of aryl methyl sites for hydroxylation is 1. The molecule has 1 fully saturated rings. The van der Waals surface area contributed by atoms with E-state index in [1.54, 1.807) is 18.4 Å². The lowest BCUT2D eigenvalue weighted by molar-refractivity contribution is -0.121. The molecule has 1 aromatic carbocycles. The van der Waals surface area contributed by atoms with Gasteiger partial charge in [-0.3, -0.25) is 4.79 Å². The van der Waals surface area contributed by atoms with Crippen LogP contribution in [-0.4, -0.2) is 18.0 Å². The van der Waals surface area contributed by atoms with E-state index in [2.05, 4.69) is 10.3 Å². The van der Waals surface area contributed by atoms with E-state index in [4.69, 9.17) is 4.74 Å². The van der Waals surface area contributed by atoms with Crippen molar-refractivity contribution in [2.24, 2.45) is 5.92 Å². The van der Waals surface area contributed by atoms with Crippen molar-refractivity contribution in [2.45, 2.75) is 32.2 Å². The van der Waals surface area contributed by atoms with Gasteiger partial charge in [-0.1, -0.05) is 12.1 Å². The molecule has 0 saturated heterocycles. The van der Waals surface area contributed by atoms with Crippen LogP contribution in [0.4, 0.5) is 0 Å². The van der Waals surface area contributed by atoms with Gasteiger partial charge in [0.25, 0.3) is 0 Å². The van der Waals surface area contributed by atoms with E-state index >= 15 is 0 Å². The maximum Gasteiger partial charge on any atom is 0.224 e. The average Bonchev–Trinajstić information content (AvgIpc) is 3.26. The topological polar surface area (TPSA) is 51.2 Å². The van der Waals surface area contributed by atoms with Crippen LogP contribution in [0.1, 0.15) is 34.3 Å². The fourth-order valence-electron chi connectivity index (χ4n) is 2.52. The van der Waals surface area contributed by atoms with E-state index in [9.17, 15) is 4.79 Å². The van der Waals surface area contributed by atoms with Crippen molar-refractivity contribution in [3.05, 3.63) is 45.9 Å². The van der Waals surface area contributed by atoms with Crippen molar-refractivity contribution in [3.63, 3.8) is 0 Å². The number of nitrogens with zero attached hydrogens (tertiary/aromatic N) is 1. The maximum absolute atomic E-state index is 12.4. The molecular formula is C17H20N2O2S. The highest BCUT2D eigenvalue weighted by Crippen LogP contribution is 2.42. The molecule has 1 aromatic heterocycles. The lowest BCUT2D eigenvalue weighted by atomic mass is 10.1. The molecule has 1 saturated carbocycles. The molecule has 5 heteroatoms. The van der Waals surface area contributed by atoms with Gasteiger partial charge in [-0.15, -0.1) is 11.3 Å². The predicted molar refractivity (Wildman–Crippen MR) is 87.2 cm³/mol. The zero-order valence-electron chi connectivity index (χ0n) is 12.8. The molecule has 2 aromatic rings. The van der Waals surface area contributed by atoms with Crippen LogP contribution >= 0.6 is 11.3 Å². The van der Waals surface area contributed by atoms with Crippen molar-refractivity contribution >= 4 is 17.2 Å². The minimum Gasteiger partial charge on any atom is -0.497 e. The number of ether oxygens (including phenoxy) is 1. The van der Waals surface area contributed by atoms with Gasteiger partial charge in [0.15, 0.2) is 0 Å². The molecule has 116 valence electrons. The number of aromatic nitrogens is 1. The van der Waals surface area contributed by atoms with Crippen LogP contribution in [0.25, 0.3) is 0 Å². The van der Waals surface area contributed by atoms with Gasteiger partial charge in [0.05, 0.1) is 19.6 Å². The molecule has 0 unspecified atom stereocenters. The van der Waals surface area contributed by atoms with Gasteiger partial charge in [-0.2, -0.15) is 0 Å². The Balaban J connectivity index is 1.66. The fraction of sp³-hybridized carbons (Fsp3) is 0.412. The summed E-state index contributed by atoms with van der Waals surface area (Å²) in [5, 5.41) is 4.19. The summed E-state index contributed by atoms with van der Waals surface area (Å²) in [5.74, 6) is 1.36. The second-order valence-electron chi connectivity index (χ2n) is 5.72. The van der Waals surface area contributed by atoms with E-state index in [0.717, 1.165) is 16.3 Å². The van der Waals surface area contributed by atoms with Crippen LogP contribution in [-0.2, 0) is 11.2 Å². The van der Waals surface area contributed by atoms with Gasteiger partial charge in [0.2, 0.25) is 5.91 Å². The van der Waals surface area contributed by atoms with E-state index in [-0.39, 0.29) is 11.9 Å². The summed E-state index contributed by atoms with van der Waals surface area (Å²) in [7, 11) is 1.63. The summed E-state index contributed by atoms with van der Waals surface area (Å²) >= 11 is 1.67. The fourth-order valence-corrected chi connectivity index (χ4v) is 3.44. The van der Waals surface area contributed by atoms with E-state index < -0.39 is 0 Å². The second-order valence-corrected chi connectivity index (χ2v) is 6.99. The molecular weight excluding hydrogens is 296 g/mol. The third kappa shape index (κ3) is 3.65. The van der Waals surface area contributed by atoms with Gasteiger partial charge in [-0.05, 0) is 43.4 Å². The maximum atomic E-state index is 12.4. The lowest BCUT2D eigenvalue weighted by Gasteiger charge is -2.16. The Morgan fingerprint density at radius 1 is 1.50 bits per heavy atom. The molecule has 1 N–H and O–H groups in total. The Bertz CT molecular complexity index is 664. The first-order valence-corrected chi connectivity index (χ1v) is 8.32. The van der Waals surface area contributed by atoms with Crippen LogP contribution in [0, 0.1) is 12.8 Å². The van der Waals surface area contributed by atoms with Crippen molar-refractivity contribution in [2.75, 3.05) is 7.11 Å². The number of carbonyl (C=O) groups excluding carboxylic acids is 1. The van der Waals surface area contributed by atoms with Crippen molar-refractivity contribution in [1.29, 1.82) is 0 Å². The molecule has 1 amide bonds. The van der Waals surface area contributed by atoms with Crippen LogP contribution < -0.4 is 10.1 Å². The minimum absolute atomic E-state index is 0.0398. The monoisotopic (exact) mass is 316 g/mol. The number of hydrogen-bond acceptors (Lipinski definition) is 4. The number of rotatable bonds is 6. The number of carbonyl (C=O) groups is 1. The van der Waals surface area contributed by atoms with Crippen LogP contribution in [0.15, 0.2) is 30.5 Å². The Morgan fingerprint density at radius 3 is 2.95 bits per heavy atom. The Kier molecular flexibility index (Phi) is 4.43. The van der Waals surface area contributed by atoms with Crippen LogP contribution in [0.3, 0.4) is 0 Å². The highest BCUT2D eigenvalue weighted by Gasteiger charge is 2.35. The van der Waals surface area contributed by atoms with Gasteiger partial charge >= 0.3 is 0 Å². The summed E-state index contributed by atoms with van der Waals surface area (Å²) in [4.78, 5) is 18.0. The lowest BCUT2D eigenvalue weighted by Crippen LogP contribution is -2.31. The van der Waals surface area contributed by atoms with Gasteiger partial charge in [0.1, 0.15) is 10.8 Å². The quantitative estimate of drug-likeness (QED) is 0.890. The van der Waals surface area contributed by atoms with Crippen molar-refractivity contribution in [1.82, 2.24) is 10.3 Å². The van der Waals surface area contributed by atoms with E-state index in [0.29, 0.717) is 12.3 Å². The molecule has 4 nitrogen and oxygen atoms in total. The van der Waals surface area contributed by atoms with Gasteiger partial charge in [-0.25, -0.2) is 4.98 Å². The first kappa shape index (κ1) is 15.0. The third-order valence-corrected chi connectivity index (χ3v) is 4.81. The molecule has 1 atom stereocenters. The Hall–Kier alpha value is -1.88.